The fraction of sp³-hybridized carbons (Fsp3) is 0.240. The highest BCUT2D eigenvalue weighted by Gasteiger charge is 2.17. The second-order valence-electron chi connectivity index (χ2n) is 8.28. The van der Waals surface area contributed by atoms with Gasteiger partial charge in [0, 0.05) is 48.0 Å². The lowest BCUT2D eigenvalue weighted by atomic mass is 10.00. The predicted octanol–water partition coefficient (Wildman–Crippen LogP) is 5.20. The number of amides is 1. The highest BCUT2D eigenvalue weighted by atomic mass is 35.5. The molecule has 4 rings (SSSR count). The Bertz CT molecular complexity index is 1240. The van der Waals surface area contributed by atoms with Crippen molar-refractivity contribution in [3.63, 3.8) is 0 Å². The van der Waals surface area contributed by atoms with Gasteiger partial charge in [0.2, 0.25) is 0 Å². The maximum absolute atomic E-state index is 13.2. The largest absolute Gasteiger partial charge is 0.344 e. The first-order valence-electron chi connectivity index (χ1n) is 10.8. The zero-order chi connectivity index (χ0) is 23.4. The number of carbonyl (C=O) groups is 1. The molecule has 0 aliphatic heterocycles. The summed E-state index contributed by atoms with van der Waals surface area (Å²) in [5.74, 6) is 0.223. The van der Waals surface area contributed by atoms with E-state index >= 15 is 0 Å². The lowest BCUT2D eigenvalue weighted by Gasteiger charge is -2.15. The fourth-order valence-corrected chi connectivity index (χ4v) is 3.67. The second kappa shape index (κ2) is 9.92. The molecule has 8 heteroatoms. The predicted molar refractivity (Wildman–Crippen MR) is 129 cm³/mol. The van der Waals surface area contributed by atoms with Crippen molar-refractivity contribution in [3.8, 4) is 22.5 Å². The zero-order valence-electron chi connectivity index (χ0n) is 18.7. The fourth-order valence-electron chi connectivity index (χ4n) is 3.56. The van der Waals surface area contributed by atoms with Crippen LogP contribution in [0.2, 0.25) is 5.02 Å². The van der Waals surface area contributed by atoms with Gasteiger partial charge in [-0.05, 0) is 49.2 Å². The normalized spacial score (nSPS) is 12.0. The SMILES string of the molecule is CC(C)Cn1nccc1-c1cc(C(=O)NC(C)c2cnccn2)cc(-c2ccc(Cl)cn2)c1. The molecule has 7 nitrogen and oxygen atoms in total. The van der Waals surface area contributed by atoms with Crippen molar-refractivity contribution in [1.82, 2.24) is 30.0 Å². The van der Waals surface area contributed by atoms with Gasteiger partial charge >= 0.3 is 0 Å². The summed E-state index contributed by atoms with van der Waals surface area (Å²) < 4.78 is 1.96. The number of pyridine rings is 1. The summed E-state index contributed by atoms with van der Waals surface area (Å²) in [7, 11) is 0. The van der Waals surface area contributed by atoms with Crippen molar-refractivity contribution in [3.05, 3.63) is 83.7 Å². The third-order valence-electron chi connectivity index (χ3n) is 5.14. The lowest BCUT2D eigenvalue weighted by Crippen LogP contribution is -2.27. The number of hydrogen-bond donors (Lipinski definition) is 1. The molecule has 0 aliphatic rings. The van der Waals surface area contributed by atoms with Crippen LogP contribution in [0.5, 0.6) is 0 Å². The molecular formula is C25H25ClN6O. The number of halogens is 1. The Kier molecular flexibility index (Phi) is 6.79. The monoisotopic (exact) mass is 460 g/mol. The first kappa shape index (κ1) is 22.6. The van der Waals surface area contributed by atoms with Crippen LogP contribution < -0.4 is 5.32 Å². The Labute approximate surface area is 197 Å². The summed E-state index contributed by atoms with van der Waals surface area (Å²) in [5.41, 5.74) is 4.59. The van der Waals surface area contributed by atoms with Gasteiger partial charge in [0.25, 0.3) is 5.91 Å². The number of rotatable bonds is 7. The summed E-state index contributed by atoms with van der Waals surface area (Å²) in [6, 6.07) is 11.0. The van der Waals surface area contributed by atoms with Crippen LogP contribution >= 0.6 is 11.6 Å². The van der Waals surface area contributed by atoms with E-state index < -0.39 is 0 Å². The molecular weight excluding hydrogens is 436 g/mol. The van der Waals surface area contributed by atoms with Gasteiger partial charge in [0.1, 0.15) is 0 Å². The topological polar surface area (TPSA) is 85.6 Å². The van der Waals surface area contributed by atoms with Crippen LogP contribution in [0.3, 0.4) is 0 Å². The summed E-state index contributed by atoms with van der Waals surface area (Å²) in [6.07, 6.45) is 8.24. The molecule has 1 aromatic carbocycles. The van der Waals surface area contributed by atoms with E-state index in [1.165, 1.54) is 0 Å². The Hall–Kier alpha value is -3.58. The molecule has 33 heavy (non-hydrogen) atoms. The van der Waals surface area contributed by atoms with Crippen molar-refractivity contribution >= 4 is 17.5 Å². The third-order valence-corrected chi connectivity index (χ3v) is 5.37. The summed E-state index contributed by atoms with van der Waals surface area (Å²) in [6.45, 7) is 6.95. The highest BCUT2D eigenvalue weighted by molar-refractivity contribution is 6.30. The van der Waals surface area contributed by atoms with Gasteiger partial charge in [-0.2, -0.15) is 5.10 Å². The van der Waals surface area contributed by atoms with Gasteiger partial charge in [-0.15, -0.1) is 0 Å². The highest BCUT2D eigenvalue weighted by Crippen LogP contribution is 2.29. The van der Waals surface area contributed by atoms with Crippen molar-refractivity contribution < 1.29 is 4.79 Å². The van der Waals surface area contributed by atoms with Crippen molar-refractivity contribution in [2.24, 2.45) is 5.92 Å². The molecule has 0 saturated heterocycles. The number of hydrogen-bond acceptors (Lipinski definition) is 5. The number of nitrogens with zero attached hydrogens (tertiary/aromatic N) is 5. The standard InChI is InChI=1S/C25H25ClN6O/c1-16(2)15-32-24(6-7-30-32)19-10-18(22-5-4-21(26)13-29-22)11-20(12-19)25(33)31-17(3)23-14-27-8-9-28-23/h4-14,16-17H,15H2,1-3H3,(H,31,33). The average molecular weight is 461 g/mol. The number of benzene rings is 1. The maximum Gasteiger partial charge on any atom is 0.251 e. The molecule has 0 spiro atoms. The van der Waals surface area contributed by atoms with Gasteiger partial charge in [-0.1, -0.05) is 25.4 Å². The van der Waals surface area contributed by atoms with Crippen LogP contribution in [0.15, 0.2) is 67.4 Å². The summed E-state index contributed by atoms with van der Waals surface area (Å²) in [5, 5.41) is 8.05. The molecule has 4 aromatic rings. The maximum atomic E-state index is 13.2. The zero-order valence-corrected chi connectivity index (χ0v) is 19.5. The van der Waals surface area contributed by atoms with E-state index in [0.29, 0.717) is 22.2 Å². The minimum atomic E-state index is -0.293. The molecule has 1 unspecified atom stereocenters. The van der Waals surface area contributed by atoms with Crippen LogP contribution in [0.25, 0.3) is 22.5 Å². The number of carbonyl (C=O) groups excluding carboxylic acids is 1. The van der Waals surface area contributed by atoms with E-state index in [1.807, 2.05) is 41.9 Å². The Morgan fingerprint density at radius 2 is 1.82 bits per heavy atom. The molecule has 3 heterocycles. The Morgan fingerprint density at radius 1 is 1.00 bits per heavy atom. The summed E-state index contributed by atoms with van der Waals surface area (Å²) >= 11 is 6.03. The Balaban J connectivity index is 1.74. The van der Waals surface area contributed by atoms with E-state index in [1.54, 1.807) is 37.1 Å². The van der Waals surface area contributed by atoms with E-state index in [0.717, 1.165) is 29.1 Å². The van der Waals surface area contributed by atoms with Crippen LogP contribution in [-0.4, -0.2) is 30.6 Å². The first-order chi connectivity index (χ1) is 15.9. The van der Waals surface area contributed by atoms with E-state index in [-0.39, 0.29) is 11.9 Å². The van der Waals surface area contributed by atoms with Gasteiger partial charge in [-0.3, -0.25) is 24.4 Å². The van der Waals surface area contributed by atoms with Crippen LogP contribution in [-0.2, 0) is 6.54 Å². The van der Waals surface area contributed by atoms with Crippen LogP contribution in [0, 0.1) is 5.92 Å². The molecule has 0 radical (unpaired) electrons. The van der Waals surface area contributed by atoms with E-state index in [9.17, 15) is 4.79 Å². The van der Waals surface area contributed by atoms with Crippen molar-refractivity contribution in [2.75, 3.05) is 0 Å². The summed E-state index contributed by atoms with van der Waals surface area (Å²) in [4.78, 5) is 26.0. The molecule has 3 aromatic heterocycles. The van der Waals surface area contributed by atoms with Gasteiger partial charge < -0.3 is 5.32 Å². The molecule has 0 aliphatic carbocycles. The smallest absolute Gasteiger partial charge is 0.251 e. The minimum Gasteiger partial charge on any atom is -0.344 e. The van der Waals surface area contributed by atoms with Gasteiger partial charge in [0.15, 0.2) is 0 Å². The number of aromatic nitrogens is 5. The third kappa shape index (κ3) is 5.43. The molecule has 0 saturated carbocycles. The Morgan fingerprint density at radius 3 is 2.52 bits per heavy atom. The molecule has 168 valence electrons. The second-order valence-corrected chi connectivity index (χ2v) is 8.71. The minimum absolute atomic E-state index is 0.208. The molecule has 1 amide bonds. The average Bonchev–Trinajstić information content (AvgIpc) is 3.27. The van der Waals surface area contributed by atoms with Crippen LogP contribution in [0.1, 0.15) is 42.9 Å². The van der Waals surface area contributed by atoms with Gasteiger partial charge in [0.05, 0.1) is 34.3 Å². The van der Waals surface area contributed by atoms with Crippen molar-refractivity contribution in [2.45, 2.75) is 33.4 Å². The molecule has 0 fully saturated rings. The van der Waals surface area contributed by atoms with E-state index in [4.69, 9.17) is 11.6 Å². The lowest BCUT2D eigenvalue weighted by molar-refractivity contribution is 0.0939. The molecule has 0 bridgehead atoms. The first-order valence-corrected chi connectivity index (χ1v) is 11.1. The van der Waals surface area contributed by atoms with Crippen molar-refractivity contribution in [1.29, 1.82) is 0 Å². The molecule has 1 N–H and O–H groups in total. The van der Waals surface area contributed by atoms with Gasteiger partial charge in [-0.25, -0.2) is 0 Å². The molecule has 1 atom stereocenters. The quantitative estimate of drug-likeness (QED) is 0.409. The number of nitrogens with one attached hydrogen (secondary N) is 1. The van der Waals surface area contributed by atoms with Crippen LogP contribution in [0.4, 0.5) is 0 Å². The van der Waals surface area contributed by atoms with E-state index in [2.05, 4.69) is 39.2 Å².